The van der Waals surface area contributed by atoms with Crippen LogP contribution in [0.15, 0.2) is 47.9 Å². The highest BCUT2D eigenvalue weighted by atomic mass is 35.5. The van der Waals surface area contributed by atoms with E-state index in [1.807, 2.05) is 25.1 Å². The van der Waals surface area contributed by atoms with Crippen molar-refractivity contribution in [2.45, 2.75) is 20.3 Å². The Bertz CT molecular complexity index is 1320. The van der Waals surface area contributed by atoms with Gasteiger partial charge in [0.15, 0.2) is 0 Å². The highest BCUT2D eigenvalue weighted by Crippen LogP contribution is 2.32. The molecule has 9 nitrogen and oxygen atoms in total. The maximum atomic E-state index is 12.1. The average Bonchev–Trinajstić information content (AvgIpc) is 3.53. The standard InChI is InChI=1S/C25H26ClN7O2/c1-3-21(26)23(28)25(34)30-11-16-7-8-32(14-16)22-6-5-17(12-29-22)20-9-19(35-4-2)15-33-24(20)18(10-27)13-31-33/h3,5-6,9,12-13,15-16,28H,4,7-8,11,14H2,1-2H3,(H,30,34)/b21-3+,28-23?/t16-/m1/s1. The van der Waals surface area contributed by atoms with Crippen molar-refractivity contribution in [3.63, 3.8) is 0 Å². The Labute approximate surface area is 208 Å². The first-order valence-electron chi connectivity index (χ1n) is 11.4. The summed E-state index contributed by atoms with van der Waals surface area (Å²) in [4.78, 5) is 18.9. The molecule has 1 amide bonds. The Kier molecular flexibility index (Phi) is 7.32. The third-order valence-corrected chi connectivity index (χ3v) is 6.36. The number of pyridine rings is 2. The van der Waals surface area contributed by atoms with E-state index < -0.39 is 5.91 Å². The van der Waals surface area contributed by atoms with Gasteiger partial charge in [0.25, 0.3) is 5.91 Å². The van der Waals surface area contributed by atoms with Gasteiger partial charge in [-0.25, -0.2) is 9.50 Å². The normalized spacial score (nSPS) is 15.8. The minimum atomic E-state index is -0.466. The second-order valence-corrected chi connectivity index (χ2v) is 8.62. The molecule has 0 bridgehead atoms. The van der Waals surface area contributed by atoms with Gasteiger partial charge in [-0.15, -0.1) is 0 Å². The van der Waals surface area contributed by atoms with Crippen molar-refractivity contribution in [1.82, 2.24) is 19.9 Å². The molecular weight excluding hydrogens is 466 g/mol. The summed E-state index contributed by atoms with van der Waals surface area (Å²) in [6.45, 7) is 6.18. The molecule has 1 aliphatic heterocycles. The lowest BCUT2D eigenvalue weighted by atomic mass is 10.1. The van der Waals surface area contributed by atoms with Gasteiger partial charge in [0, 0.05) is 37.0 Å². The lowest BCUT2D eigenvalue weighted by molar-refractivity contribution is -0.114. The second kappa shape index (κ2) is 10.6. The zero-order valence-corrected chi connectivity index (χ0v) is 20.3. The number of allylic oxidation sites excluding steroid dienone is 1. The van der Waals surface area contributed by atoms with Gasteiger partial charge in [0.05, 0.1) is 35.1 Å². The van der Waals surface area contributed by atoms with E-state index in [0.717, 1.165) is 36.5 Å². The molecule has 180 valence electrons. The van der Waals surface area contributed by atoms with Crippen LogP contribution in [-0.4, -0.2) is 52.5 Å². The fourth-order valence-corrected chi connectivity index (χ4v) is 4.25. The number of rotatable bonds is 8. The zero-order chi connectivity index (χ0) is 24.9. The fourth-order valence-electron chi connectivity index (χ4n) is 4.16. The molecule has 1 aliphatic rings. The third kappa shape index (κ3) is 5.12. The van der Waals surface area contributed by atoms with Gasteiger partial charge in [-0.2, -0.15) is 10.4 Å². The number of hydrogen-bond donors (Lipinski definition) is 2. The molecule has 10 heteroatoms. The predicted molar refractivity (Wildman–Crippen MR) is 135 cm³/mol. The summed E-state index contributed by atoms with van der Waals surface area (Å²) >= 11 is 5.86. The van der Waals surface area contributed by atoms with Crippen LogP contribution in [0.25, 0.3) is 16.6 Å². The van der Waals surface area contributed by atoms with Crippen molar-refractivity contribution in [1.29, 1.82) is 10.7 Å². The van der Waals surface area contributed by atoms with Gasteiger partial charge in [-0.05, 0) is 44.4 Å². The summed E-state index contributed by atoms with van der Waals surface area (Å²) in [6, 6.07) is 8.05. The highest BCUT2D eigenvalue weighted by molar-refractivity contribution is 6.58. The first kappa shape index (κ1) is 24.2. The van der Waals surface area contributed by atoms with Crippen molar-refractivity contribution >= 4 is 34.6 Å². The first-order chi connectivity index (χ1) is 16.9. The van der Waals surface area contributed by atoms with Crippen molar-refractivity contribution < 1.29 is 9.53 Å². The molecule has 4 rings (SSSR count). The third-order valence-electron chi connectivity index (χ3n) is 5.96. The molecule has 2 N–H and O–H groups in total. The van der Waals surface area contributed by atoms with Crippen LogP contribution >= 0.6 is 11.6 Å². The fraction of sp³-hybridized carbons (Fsp3) is 0.320. The van der Waals surface area contributed by atoms with Crippen LogP contribution in [0.5, 0.6) is 5.75 Å². The van der Waals surface area contributed by atoms with Gasteiger partial charge in [-0.3, -0.25) is 10.2 Å². The Morgan fingerprint density at radius 3 is 2.94 bits per heavy atom. The van der Waals surface area contributed by atoms with Crippen LogP contribution in [0.3, 0.4) is 0 Å². The molecule has 3 aromatic rings. The maximum Gasteiger partial charge on any atom is 0.270 e. The van der Waals surface area contributed by atoms with Crippen LogP contribution in [-0.2, 0) is 4.79 Å². The maximum absolute atomic E-state index is 12.1. The molecule has 1 saturated heterocycles. The topological polar surface area (TPSA) is 119 Å². The highest BCUT2D eigenvalue weighted by Gasteiger charge is 2.25. The second-order valence-electron chi connectivity index (χ2n) is 8.21. The SMILES string of the molecule is C/C=C(/Cl)C(=N)C(=O)NC[C@H]1CCN(c2ccc(-c3cc(OCC)cn4ncc(C#N)c34)cn2)C1. The molecule has 0 radical (unpaired) electrons. The van der Waals surface area contributed by atoms with Crippen molar-refractivity contribution in [2.75, 3.05) is 31.1 Å². The average molecular weight is 492 g/mol. The molecule has 0 spiro atoms. The number of fused-ring (bicyclic) bond motifs is 1. The molecule has 1 fully saturated rings. The molecule has 0 aliphatic carbocycles. The Hall–Kier alpha value is -3.90. The largest absolute Gasteiger partial charge is 0.492 e. The van der Waals surface area contributed by atoms with E-state index in [1.165, 1.54) is 6.08 Å². The number of carbonyl (C=O) groups is 1. The summed E-state index contributed by atoms with van der Waals surface area (Å²) in [5.74, 6) is 1.30. The van der Waals surface area contributed by atoms with E-state index in [0.29, 0.717) is 30.0 Å². The molecule has 3 aromatic heterocycles. The smallest absolute Gasteiger partial charge is 0.270 e. The number of amides is 1. The number of nitrogens with zero attached hydrogens (tertiary/aromatic N) is 5. The van der Waals surface area contributed by atoms with Crippen LogP contribution in [0.1, 0.15) is 25.8 Å². The van der Waals surface area contributed by atoms with Gasteiger partial charge in [0.2, 0.25) is 0 Å². The molecular formula is C25H26ClN7O2. The number of nitrogens with one attached hydrogen (secondary N) is 2. The summed E-state index contributed by atoms with van der Waals surface area (Å²) in [5.41, 5.74) is 2.67. The summed E-state index contributed by atoms with van der Waals surface area (Å²) in [5, 5.41) is 24.5. The predicted octanol–water partition coefficient (Wildman–Crippen LogP) is 3.77. The number of ether oxygens (including phenoxy) is 1. The lowest BCUT2D eigenvalue weighted by Crippen LogP contribution is -2.35. The number of carbonyl (C=O) groups excluding carboxylic acids is 1. The van der Waals surface area contributed by atoms with Gasteiger partial charge in [-0.1, -0.05) is 17.7 Å². The number of nitriles is 1. The van der Waals surface area contributed by atoms with Gasteiger partial charge >= 0.3 is 0 Å². The monoisotopic (exact) mass is 491 g/mol. The number of aromatic nitrogens is 3. The minimum absolute atomic E-state index is 0.140. The van der Waals surface area contributed by atoms with Crippen LogP contribution in [0.2, 0.25) is 0 Å². The lowest BCUT2D eigenvalue weighted by Gasteiger charge is -2.18. The van der Waals surface area contributed by atoms with Crippen molar-refractivity contribution in [3.8, 4) is 22.9 Å². The molecule has 0 saturated carbocycles. The van der Waals surface area contributed by atoms with E-state index in [1.54, 1.807) is 30.0 Å². The van der Waals surface area contributed by atoms with E-state index in [9.17, 15) is 10.1 Å². The van der Waals surface area contributed by atoms with Gasteiger partial charge < -0.3 is 15.0 Å². The van der Waals surface area contributed by atoms with Gasteiger partial charge in [0.1, 0.15) is 23.3 Å². The Morgan fingerprint density at radius 1 is 1.43 bits per heavy atom. The number of anilines is 1. The molecule has 1 atom stereocenters. The van der Waals surface area contributed by atoms with E-state index in [-0.39, 0.29) is 16.7 Å². The number of halogens is 1. The summed E-state index contributed by atoms with van der Waals surface area (Å²) < 4.78 is 7.35. The van der Waals surface area contributed by atoms with E-state index in [2.05, 4.69) is 26.4 Å². The zero-order valence-electron chi connectivity index (χ0n) is 19.6. The minimum Gasteiger partial charge on any atom is -0.492 e. The Morgan fingerprint density at radius 2 is 2.26 bits per heavy atom. The summed E-state index contributed by atoms with van der Waals surface area (Å²) in [7, 11) is 0. The van der Waals surface area contributed by atoms with E-state index >= 15 is 0 Å². The molecule has 0 unspecified atom stereocenters. The van der Waals surface area contributed by atoms with E-state index in [4.69, 9.17) is 21.7 Å². The summed E-state index contributed by atoms with van der Waals surface area (Å²) in [6.07, 6.45) is 7.55. The van der Waals surface area contributed by atoms with Crippen molar-refractivity contribution in [3.05, 3.63) is 53.5 Å². The molecule has 35 heavy (non-hydrogen) atoms. The van der Waals surface area contributed by atoms with Crippen LogP contribution in [0, 0.1) is 22.7 Å². The Balaban J connectivity index is 1.47. The van der Waals surface area contributed by atoms with Crippen LogP contribution in [0.4, 0.5) is 5.82 Å². The first-order valence-corrected chi connectivity index (χ1v) is 11.8. The van der Waals surface area contributed by atoms with Crippen LogP contribution < -0.4 is 15.0 Å². The quantitative estimate of drug-likeness (QED) is 0.463. The number of hydrogen-bond acceptors (Lipinski definition) is 7. The molecule has 4 heterocycles. The van der Waals surface area contributed by atoms with Crippen molar-refractivity contribution in [2.24, 2.45) is 5.92 Å². The molecule has 0 aromatic carbocycles.